The lowest BCUT2D eigenvalue weighted by molar-refractivity contribution is -0.157. The Bertz CT molecular complexity index is 667. The number of carbonyl (C=O) groups excluding carboxylic acids is 1. The molecule has 27 heavy (non-hydrogen) atoms. The maximum absolute atomic E-state index is 12.6. The molecule has 1 unspecified atom stereocenters. The quantitative estimate of drug-likeness (QED) is 0.645. The van der Waals surface area contributed by atoms with Gasteiger partial charge in [0.2, 0.25) is 5.91 Å². The Labute approximate surface area is 161 Å². The van der Waals surface area contributed by atoms with Crippen molar-refractivity contribution in [1.29, 1.82) is 0 Å². The van der Waals surface area contributed by atoms with Gasteiger partial charge in [-0.25, -0.2) is 0 Å². The second-order valence-electron chi connectivity index (χ2n) is 7.48. The fourth-order valence-corrected chi connectivity index (χ4v) is 3.50. The van der Waals surface area contributed by atoms with Crippen LogP contribution in [0.1, 0.15) is 65.0 Å². The number of amides is 1. The highest BCUT2D eigenvalue weighted by Gasteiger charge is 2.46. The Morgan fingerprint density at radius 1 is 1.15 bits per heavy atom. The van der Waals surface area contributed by atoms with Gasteiger partial charge in [0.15, 0.2) is 11.5 Å². The molecular formula is C21H31NO5. The van der Waals surface area contributed by atoms with Crippen LogP contribution in [0.2, 0.25) is 0 Å². The first kappa shape index (κ1) is 21.1. The number of carbonyl (C=O) groups is 2. The number of benzene rings is 1. The molecule has 0 aliphatic heterocycles. The second-order valence-corrected chi connectivity index (χ2v) is 7.48. The summed E-state index contributed by atoms with van der Waals surface area (Å²) in [6, 6.07) is 5.46. The van der Waals surface area contributed by atoms with Crippen molar-refractivity contribution in [1.82, 2.24) is 5.32 Å². The highest BCUT2D eigenvalue weighted by atomic mass is 16.5. The van der Waals surface area contributed by atoms with Crippen LogP contribution in [-0.2, 0) is 9.59 Å². The Morgan fingerprint density at radius 2 is 1.78 bits per heavy atom. The van der Waals surface area contributed by atoms with Crippen LogP contribution in [-0.4, -0.2) is 30.2 Å². The summed E-state index contributed by atoms with van der Waals surface area (Å²) in [6.07, 6.45) is 2.03. The monoisotopic (exact) mass is 377 g/mol. The molecule has 2 N–H and O–H groups in total. The molecule has 1 fully saturated rings. The molecule has 1 aromatic rings. The first-order valence-electron chi connectivity index (χ1n) is 9.75. The summed E-state index contributed by atoms with van der Waals surface area (Å²) in [5.74, 6) is 0.379. The van der Waals surface area contributed by atoms with Gasteiger partial charge < -0.3 is 19.9 Å². The fourth-order valence-electron chi connectivity index (χ4n) is 3.50. The number of carboxylic acids is 1. The van der Waals surface area contributed by atoms with Gasteiger partial charge in [-0.1, -0.05) is 26.3 Å². The topological polar surface area (TPSA) is 84.9 Å². The number of nitrogens with one attached hydrogen (secondary N) is 1. The van der Waals surface area contributed by atoms with Crippen LogP contribution in [0.3, 0.4) is 0 Å². The molecule has 2 rings (SSSR count). The zero-order chi connectivity index (χ0) is 20.0. The van der Waals surface area contributed by atoms with Gasteiger partial charge in [0.05, 0.1) is 24.7 Å². The summed E-state index contributed by atoms with van der Waals surface area (Å²) in [5.41, 5.74) is 0.0317. The third kappa shape index (κ3) is 4.93. The maximum Gasteiger partial charge on any atom is 0.310 e. The molecule has 0 heterocycles. The number of rotatable bonds is 10. The minimum atomic E-state index is -0.888. The van der Waals surface area contributed by atoms with Crippen LogP contribution >= 0.6 is 0 Å². The van der Waals surface area contributed by atoms with Crippen LogP contribution in [0.25, 0.3) is 0 Å². The molecule has 0 spiro atoms. The molecule has 0 saturated heterocycles. The van der Waals surface area contributed by atoms with E-state index in [-0.39, 0.29) is 24.3 Å². The van der Waals surface area contributed by atoms with E-state index in [0.29, 0.717) is 37.6 Å². The van der Waals surface area contributed by atoms with Crippen LogP contribution < -0.4 is 14.8 Å². The molecule has 1 amide bonds. The van der Waals surface area contributed by atoms with Crippen molar-refractivity contribution in [3.05, 3.63) is 23.8 Å². The van der Waals surface area contributed by atoms with Crippen LogP contribution in [0, 0.1) is 11.3 Å². The van der Waals surface area contributed by atoms with Crippen LogP contribution in [0.5, 0.6) is 11.5 Å². The van der Waals surface area contributed by atoms with Gasteiger partial charge in [-0.05, 0) is 50.3 Å². The van der Waals surface area contributed by atoms with E-state index in [1.165, 1.54) is 0 Å². The minimum Gasteiger partial charge on any atom is -0.490 e. The maximum atomic E-state index is 12.6. The number of hydrogen-bond acceptors (Lipinski definition) is 4. The summed E-state index contributed by atoms with van der Waals surface area (Å²) in [7, 11) is 0. The standard InChI is InChI=1S/C21H31NO5/c1-5-26-16-9-8-15(12-17(16)27-6-2)19(14(3)4)22-18(23)13-21(20(24)25)10-7-11-21/h8-9,12,14,19H,5-7,10-11,13H2,1-4H3,(H,22,23)(H,24,25). The Morgan fingerprint density at radius 3 is 2.26 bits per heavy atom. The zero-order valence-corrected chi connectivity index (χ0v) is 16.7. The summed E-state index contributed by atoms with van der Waals surface area (Å²) < 4.78 is 11.3. The molecule has 0 bridgehead atoms. The molecule has 150 valence electrons. The zero-order valence-electron chi connectivity index (χ0n) is 16.7. The summed E-state index contributed by atoms with van der Waals surface area (Å²) >= 11 is 0. The highest BCUT2D eigenvalue weighted by molar-refractivity contribution is 5.85. The molecule has 1 aliphatic rings. The lowest BCUT2D eigenvalue weighted by atomic mass is 9.66. The number of hydrogen-bond donors (Lipinski definition) is 2. The normalized spacial score (nSPS) is 16.3. The molecular weight excluding hydrogens is 346 g/mol. The minimum absolute atomic E-state index is 0.0287. The summed E-state index contributed by atoms with van der Waals surface area (Å²) in [5, 5.41) is 12.5. The smallest absolute Gasteiger partial charge is 0.310 e. The van der Waals surface area contributed by atoms with E-state index in [2.05, 4.69) is 5.32 Å². The van der Waals surface area contributed by atoms with E-state index in [0.717, 1.165) is 12.0 Å². The second kappa shape index (κ2) is 9.11. The van der Waals surface area contributed by atoms with Crippen LogP contribution in [0.4, 0.5) is 0 Å². The lowest BCUT2D eigenvalue weighted by Crippen LogP contribution is -2.43. The molecule has 0 aromatic heterocycles. The van der Waals surface area contributed by atoms with Gasteiger partial charge in [0, 0.05) is 6.42 Å². The lowest BCUT2D eigenvalue weighted by Gasteiger charge is -2.37. The van der Waals surface area contributed by atoms with Gasteiger partial charge in [-0.3, -0.25) is 9.59 Å². The van der Waals surface area contributed by atoms with E-state index in [1.54, 1.807) is 0 Å². The highest BCUT2D eigenvalue weighted by Crippen LogP contribution is 2.44. The molecule has 1 aromatic carbocycles. The van der Waals surface area contributed by atoms with Gasteiger partial charge in [-0.15, -0.1) is 0 Å². The van der Waals surface area contributed by atoms with E-state index < -0.39 is 11.4 Å². The van der Waals surface area contributed by atoms with Gasteiger partial charge >= 0.3 is 5.97 Å². The molecule has 1 saturated carbocycles. The molecule has 6 heteroatoms. The third-order valence-corrected chi connectivity index (χ3v) is 5.17. The van der Waals surface area contributed by atoms with Crippen molar-refractivity contribution in [2.75, 3.05) is 13.2 Å². The Balaban J connectivity index is 2.18. The van der Waals surface area contributed by atoms with Gasteiger partial charge in [-0.2, -0.15) is 0 Å². The van der Waals surface area contributed by atoms with E-state index in [9.17, 15) is 14.7 Å². The Hall–Kier alpha value is -2.24. The molecule has 1 atom stereocenters. The van der Waals surface area contributed by atoms with Crippen LogP contribution in [0.15, 0.2) is 18.2 Å². The van der Waals surface area contributed by atoms with Crippen molar-refractivity contribution >= 4 is 11.9 Å². The average molecular weight is 377 g/mol. The van der Waals surface area contributed by atoms with Crippen molar-refractivity contribution in [2.24, 2.45) is 11.3 Å². The molecule has 0 radical (unpaired) electrons. The van der Waals surface area contributed by atoms with Gasteiger partial charge in [0.1, 0.15) is 0 Å². The van der Waals surface area contributed by atoms with E-state index in [1.807, 2.05) is 45.9 Å². The summed E-state index contributed by atoms with van der Waals surface area (Å²) in [6.45, 7) is 8.94. The summed E-state index contributed by atoms with van der Waals surface area (Å²) in [4.78, 5) is 24.1. The number of aliphatic carboxylic acids is 1. The van der Waals surface area contributed by atoms with E-state index in [4.69, 9.17) is 9.47 Å². The SMILES string of the molecule is CCOc1ccc(C(NC(=O)CC2(C(=O)O)CCC2)C(C)C)cc1OCC. The predicted octanol–water partition coefficient (Wildman–Crippen LogP) is 3.94. The largest absolute Gasteiger partial charge is 0.490 e. The van der Waals surface area contributed by atoms with E-state index >= 15 is 0 Å². The number of ether oxygens (including phenoxy) is 2. The first-order chi connectivity index (χ1) is 12.8. The average Bonchev–Trinajstić information content (AvgIpc) is 2.57. The van der Waals surface area contributed by atoms with Crippen molar-refractivity contribution in [3.8, 4) is 11.5 Å². The van der Waals surface area contributed by atoms with Crippen molar-refractivity contribution < 1.29 is 24.2 Å². The van der Waals surface area contributed by atoms with Crippen molar-refractivity contribution in [2.45, 2.75) is 59.4 Å². The molecule has 1 aliphatic carbocycles. The third-order valence-electron chi connectivity index (χ3n) is 5.17. The first-order valence-corrected chi connectivity index (χ1v) is 9.75. The van der Waals surface area contributed by atoms with Crippen molar-refractivity contribution in [3.63, 3.8) is 0 Å². The Kier molecular flexibility index (Phi) is 7.11. The predicted molar refractivity (Wildman–Crippen MR) is 103 cm³/mol. The number of carboxylic acid groups (broad SMARTS) is 1. The van der Waals surface area contributed by atoms with Gasteiger partial charge in [0.25, 0.3) is 0 Å². The molecule has 6 nitrogen and oxygen atoms in total. The fraction of sp³-hybridized carbons (Fsp3) is 0.619.